The maximum atomic E-state index is 8.56. The molecule has 0 aromatic carbocycles. The lowest BCUT2D eigenvalue weighted by Crippen LogP contribution is -1.84. The molecule has 0 fully saturated rings. The molecule has 0 aliphatic carbocycles. The Hall–Kier alpha value is -0.0831. The highest BCUT2D eigenvalue weighted by atomic mass is 28.2. The molecule has 0 aliphatic heterocycles. The molecule has 0 aromatic heterocycles. The number of hydrogen-bond acceptors (Lipinski definition) is 1. The average molecular weight is 130 g/mol. The van der Waals surface area contributed by atoms with Gasteiger partial charge in [0.1, 0.15) is 0 Å². The van der Waals surface area contributed by atoms with Crippen LogP contribution in [-0.4, -0.2) is 14.6 Å². The van der Waals surface area contributed by atoms with Gasteiger partial charge in [0.05, 0.1) is 0 Å². The Morgan fingerprint density at radius 2 is 2.00 bits per heavy atom. The second kappa shape index (κ2) is 5.06. The maximum Gasteiger partial charge on any atom is 0.180 e. The van der Waals surface area contributed by atoms with Gasteiger partial charge in [-0.3, -0.25) is 0 Å². The summed E-state index contributed by atoms with van der Waals surface area (Å²) in [6, 6.07) is 0. The van der Waals surface area contributed by atoms with Crippen LogP contribution in [0.15, 0.2) is 11.3 Å². The molecule has 0 atom stereocenters. The molecule has 1 nitrogen and oxygen atoms in total. The fourth-order valence-corrected chi connectivity index (χ4v) is 1.50. The summed E-state index contributed by atoms with van der Waals surface area (Å²) in [7, 11) is -0.817. The second-order valence-electron chi connectivity index (χ2n) is 1.75. The van der Waals surface area contributed by atoms with E-state index in [-0.39, 0.29) is 0 Å². The lowest BCUT2D eigenvalue weighted by Gasteiger charge is -1.95. The summed E-state index contributed by atoms with van der Waals surface area (Å²) >= 11 is 0. The number of allylic oxidation sites excluding steroid dienone is 1. The van der Waals surface area contributed by atoms with Crippen LogP contribution in [0.5, 0.6) is 0 Å². The first-order valence-corrected chi connectivity index (χ1v) is 4.58. The summed E-state index contributed by atoms with van der Waals surface area (Å²) in [5.74, 6) is 0. The van der Waals surface area contributed by atoms with E-state index in [1.807, 2.05) is 5.70 Å². The summed E-state index contributed by atoms with van der Waals surface area (Å²) < 4.78 is 0. The van der Waals surface area contributed by atoms with Crippen molar-refractivity contribution in [1.82, 2.24) is 0 Å². The Balaban J connectivity index is 3.49. The summed E-state index contributed by atoms with van der Waals surface area (Å²) in [4.78, 5) is 8.56. The fraction of sp³-hybridized carbons (Fsp3) is 0.667. The van der Waals surface area contributed by atoms with Gasteiger partial charge in [-0.15, -0.1) is 0 Å². The predicted molar refractivity (Wildman–Crippen MR) is 39.4 cm³/mol. The molecule has 0 saturated carbocycles. The van der Waals surface area contributed by atoms with Crippen molar-refractivity contribution in [2.24, 2.45) is 0 Å². The zero-order valence-corrected chi connectivity index (χ0v) is 7.06. The SMILES string of the molecule is CCC(=C[SiH2]O)CC. The van der Waals surface area contributed by atoms with E-state index in [9.17, 15) is 0 Å². The smallest absolute Gasteiger partial charge is 0.180 e. The molecule has 0 heterocycles. The highest BCUT2D eigenvalue weighted by Gasteiger charge is 1.85. The van der Waals surface area contributed by atoms with Crippen LogP contribution < -0.4 is 0 Å². The van der Waals surface area contributed by atoms with Gasteiger partial charge in [-0.2, -0.15) is 0 Å². The van der Waals surface area contributed by atoms with Crippen LogP contribution in [0.25, 0.3) is 0 Å². The van der Waals surface area contributed by atoms with E-state index in [0.29, 0.717) is 0 Å². The maximum absolute atomic E-state index is 8.56. The largest absolute Gasteiger partial charge is 0.434 e. The van der Waals surface area contributed by atoms with Crippen LogP contribution in [0.2, 0.25) is 0 Å². The molecule has 8 heavy (non-hydrogen) atoms. The van der Waals surface area contributed by atoms with Gasteiger partial charge in [0.15, 0.2) is 9.76 Å². The molecule has 1 N–H and O–H groups in total. The van der Waals surface area contributed by atoms with Gasteiger partial charge in [0.2, 0.25) is 0 Å². The first-order valence-electron chi connectivity index (χ1n) is 3.13. The minimum absolute atomic E-state index is 0.817. The topological polar surface area (TPSA) is 20.2 Å². The van der Waals surface area contributed by atoms with Crippen molar-refractivity contribution >= 4 is 9.76 Å². The Morgan fingerprint density at radius 3 is 2.12 bits per heavy atom. The minimum Gasteiger partial charge on any atom is -0.434 e. The fourth-order valence-electron chi connectivity index (χ4n) is 0.668. The minimum atomic E-state index is -0.817. The van der Waals surface area contributed by atoms with Gasteiger partial charge in [-0.1, -0.05) is 25.1 Å². The third kappa shape index (κ3) is 2.99. The highest BCUT2D eigenvalue weighted by Crippen LogP contribution is 2.02. The molecule has 0 radical (unpaired) electrons. The van der Waals surface area contributed by atoms with Gasteiger partial charge >= 0.3 is 0 Å². The molecule has 0 amide bonds. The van der Waals surface area contributed by atoms with Crippen LogP contribution >= 0.6 is 0 Å². The summed E-state index contributed by atoms with van der Waals surface area (Å²) in [6.07, 6.45) is 2.20. The summed E-state index contributed by atoms with van der Waals surface area (Å²) in [5.41, 5.74) is 3.42. The first kappa shape index (κ1) is 7.92. The van der Waals surface area contributed by atoms with Gasteiger partial charge in [-0.25, -0.2) is 0 Å². The van der Waals surface area contributed by atoms with Gasteiger partial charge in [-0.05, 0) is 12.8 Å². The van der Waals surface area contributed by atoms with Crippen molar-refractivity contribution in [3.05, 3.63) is 11.3 Å². The standard InChI is InChI=1S/C6H14OSi/c1-3-6(4-2)5-8-7/h5,7H,3-4,8H2,1-2H3. The molecule has 0 unspecified atom stereocenters. The van der Waals surface area contributed by atoms with Crippen molar-refractivity contribution in [1.29, 1.82) is 0 Å². The normalized spacial score (nSPS) is 10.4. The van der Waals surface area contributed by atoms with Gasteiger partial charge in [0, 0.05) is 0 Å². The molecule has 48 valence electrons. The lowest BCUT2D eigenvalue weighted by atomic mass is 10.2. The van der Waals surface area contributed by atoms with Crippen LogP contribution in [-0.2, 0) is 0 Å². The van der Waals surface area contributed by atoms with E-state index in [1.165, 1.54) is 5.57 Å². The Labute approximate surface area is 53.4 Å². The molecule has 0 aromatic rings. The van der Waals surface area contributed by atoms with Gasteiger partial charge < -0.3 is 4.80 Å². The van der Waals surface area contributed by atoms with E-state index in [2.05, 4.69) is 13.8 Å². The molecule has 0 bridgehead atoms. The van der Waals surface area contributed by atoms with Crippen LogP contribution in [0, 0.1) is 0 Å². The third-order valence-corrected chi connectivity index (χ3v) is 2.05. The highest BCUT2D eigenvalue weighted by molar-refractivity contribution is 6.32. The Kier molecular flexibility index (Phi) is 5.01. The van der Waals surface area contributed by atoms with E-state index in [0.717, 1.165) is 12.8 Å². The van der Waals surface area contributed by atoms with Crippen LogP contribution in [0.1, 0.15) is 26.7 Å². The van der Waals surface area contributed by atoms with Crippen LogP contribution in [0.4, 0.5) is 0 Å². The van der Waals surface area contributed by atoms with E-state index >= 15 is 0 Å². The number of rotatable bonds is 3. The third-order valence-electron chi connectivity index (χ3n) is 1.29. The average Bonchev–Trinajstić information content (AvgIpc) is 1.83. The summed E-state index contributed by atoms with van der Waals surface area (Å²) in [5, 5.41) is 0. The zero-order chi connectivity index (χ0) is 6.41. The van der Waals surface area contributed by atoms with Crippen molar-refractivity contribution in [3.63, 3.8) is 0 Å². The van der Waals surface area contributed by atoms with E-state index in [1.54, 1.807) is 0 Å². The number of hydrogen-bond donors (Lipinski definition) is 1. The molecular formula is C6H14OSi. The molecule has 0 spiro atoms. The Morgan fingerprint density at radius 1 is 1.50 bits per heavy atom. The quantitative estimate of drug-likeness (QED) is 0.559. The molecule has 0 saturated heterocycles. The predicted octanol–water partition coefficient (Wildman–Crippen LogP) is 0.766. The lowest BCUT2D eigenvalue weighted by molar-refractivity contribution is 0.613. The first-order chi connectivity index (χ1) is 3.85. The Bertz CT molecular complexity index is 72.6. The zero-order valence-electron chi connectivity index (χ0n) is 5.65. The van der Waals surface area contributed by atoms with E-state index in [4.69, 9.17) is 4.80 Å². The van der Waals surface area contributed by atoms with Crippen LogP contribution in [0.3, 0.4) is 0 Å². The molecule has 0 aliphatic rings. The molecular weight excluding hydrogens is 116 g/mol. The van der Waals surface area contributed by atoms with Crippen molar-refractivity contribution < 1.29 is 4.80 Å². The van der Waals surface area contributed by atoms with Crippen molar-refractivity contribution in [2.45, 2.75) is 26.7 Å². The second-order valence-corrected chi connectivity index (χ2v) is 2.53. The monoisotopic (exact) mass is 130 g/mol. The molecule has 2 heteroatoms. The van der Waals surface area contributed by atoms with E-state index < -0.39 is 9.76 Å². The van der Waals surface area contributed by atoms with Crippen molar-refractivity contribution in [3.8, 4) is 0 Å². The van der Waals surface area contributed by atoms with Gasteiger partial charge in [0.25, 0.3) is 0 Å². The molecule has 0 rings (SSSR count). The summed E-state index contributed by atoms with van der Waals surface area (Å²) in [6.45, 7) is 4.25. The van der Waals surface area contributed by atoms with Crippen molar-refractivity contribution in [2.75, 3.05) is 0 Å².